The van der Waals surface area contributed by atoms with Crippen LogP contribution in [-0.2, 0) is 0 Å². The predicted molar refractivity (Wildman–Crippen MR) is 80.1 cm³/mol. The third kappa shape index (κ3) is 2.85. The van der Waals surface area contributed by atoms with Gasteiger partial charge in [0.25, 0.3) is 5.91 Å². The number of carbonyl (C=O) groups excluding carboxylic acids is 1. The molecule has 0 saturated heterocycles. The zero-order valence-electron chi connectivity index (χ0n) is 12.3. The zero-order valence-corrected chi connectivity index (χ0v) is 12.3. The largest absolute Gasteiger partial charge is 0.466 e. The fourth-order valence-electron chi connectivity index (χ4n) is 2.33. The van der Waals surface area contributed by atoms with Crippen LogP contribution in [0.2, 0.25) is 0 Å². The van der Waals surface area contributed by atoms with Gasteiger partial charge in [-0.2, -0.15) is 0 Å². The minimum absolute atomic E-state index is 0.0927. The second kappa shape index (κ2) is 5.82. The lowest BCUT2D eigenvalue weighted by Crippen LogP contribution is -2.27. The number of amides is 1. The normalized spacial score (nSPS) is 12.0. The van der Waals surface area contributed by atoms with E-state index in [1.165, 1.54) is 0 Å². The van der Waals surface area contributed by atoms with Crippen LogP contribution < -0.4 is 10.6 Å². The molecule has 20 heavy (non-hydrogen) atoms. The lowest BCUT2D eigenvalue weighted by molar-refractivity contribution is 0.0940. The molecule has 2 rings (SSSR count). The molecule has 1 amide bonds. The third-order valence-electron chi connectivity index (χ3n) is 3.33. The Morgan fingerprint density at radius 2 is 1.95 bits per heavy atom. The smallest absolute Gasteiger partial charge is 0.253 e. The number of furan rings is 1. The van der Waals surface area contributed by atoms with Gasteiger partial charge >= 0.3 is 0 Å². The van der Waals surface area contributed by atoms with Gasteiger partial charge in [-0.15, -0.1) is 0 Å². The van der Waals surface area contributed by atoms with Crippen molar-refractivity contribution in [1.82, 2.24) is 5.32 Å². The Hall–Kier alpha value is -2.23. The van der Waals surface area contributed by atoms with E-state index in [9.17, 15) is 4.79 Å². The first-order chi connectivity index (χ1) is 9.52. The van der Waals surface area contributed by atoms with E-state index in [0.717, 1.165) is 22.8 Å². The predicted octanol–water partition coefficient (Wildman–Crippen LogP) is 3.43. The van der Waals surface area contributed by atoms with Crippen molar-refractivity contribution in [3.05, 3.63) is 53.0 Å². The highest BCUT2D eigenvalue weighted by Crippen LogP contribution is 2.22. The lowest BCUT2D eigenvalue weighted by Gasteiger charge is -2.15. The quantitative estimate of drug-likeness (QED) is 0.896. The van der Waals surface area contributed by atoms with Gasteiger partial charge in [-0.05, 0) is 39.0 Å². The summed E-state index contributed by atoms with van der Waals surface area (Å²) in [6, 6.07) is 9.31. The van der Waals surface area contributed by atoms with E-state index in [4.69, 9.17) is 4.42 Å². The highest BCUT2D eigenvalue weighted by atomic mass is 16.3. The number of benzene rings is 1. The molecule has 0 bridgehead atoms. The van der Waals surface area contributed by atoms with Gasteiger partial charge in [-0.25, -0.2) is 0 Å². The van der Waals surface area contributed by atoms with Crippen LogP contribution in [0.25, 0.3) is 0 Å². The minimum atomic E-state index is -0.0966. The van der Waals surface area contributed by atoms with Crippen LogP contribution in [-0.4, -0.2) is 13.0 Å². The number of nitrogens with one attached hydrogen (secondary N) is 2. The SMILES string of the molecule is CNc1ccccc1C(=O)NC(C)c1cc(C)oc1C. The van der Waals surface area contributed by atoms with E-state index in [1.807, 2.05) is 45.0 Å². The van der Waals surface area contributed by atoms with Crippen LogP contribution in [0.3, 0.4) is 0 Å². The number of rotatable bonds is 4. The van der Waals surface area contributed by atoms with E-state index >= 15 is 0 Å². The number of hydrogen-bond acceptors (Lipinski definition) is 3. The van der Waals surface area contributed by atoms with E-state index in [-0.39, 0.29) is 11.9 Å². The fraction of sp³-hybridized carbons (Fsp3) is 0.312. The van der Waals surface area contributed by atoms with Crippen LogP contribution in [0, 0.1) is 13.8 Å². The summed E-state index contributed by atoms with van der Waals surface area (Å²) in [6.45, 7) is 5.77. The molecule has 0 aliphatic rings. The summed E-state index contributed by atoms with van der Waals surface area (Å²) in [6.07, 6.45) is 0. The van der Waals surface area contributed by atoms with Crippen molar-refractivity contribution in [2.75, 3.05) is 12.4 Å². The fourth-order valence-corrected chi connectivity index (χ4v) is 2.33. The molecule has 1 atom stereocenters. The second-order valence-corrected chi connectivity index (χ2v) is 4.86. The molecule has 1 unspecified atom stereocenters. The van der Waals surface area contributed by atoms with E-state index < -0.39 is 0 Å². The molecule has 2 N–H and O–H groups in total. The molecule has 1 aromatic carbocycles. The molecule has 4 heteroatoms. The minimum Gasteiger partial charge on any atom is -0.466 e. The number of hydrogen-bond donors (Lipinski definition) is 2. The van der Waals surface area contributed by atoms with Crippen LogP contribution in [0.15, 0.2) is 34.7 Å². The van der Waals surface area contributed by atoms with Gasteiger partial charge in [0, 0.05) is 18.3 Å². The molecular formula is C16H20N2O2. The second-order valence-electron chi connectivity index (χ2n) is 4.86. The Bertz CT molecular complexity index is 617. The number of para-hydroxylation sites is 1. The molecule has 0 aliphatic heterocycles. The van der Waals surface area contributed by atoms with E-state index in [2.05, 4.69) is 10.6 Å². The number of carbonyl (C=O) groups is 1. The Labute approximate surface area is 119 Å². The van der Waals surface area contributed by atoms with Crippen LogP contribution in [0.5, 0.6) is 0 Å². The van der Waals surface area contributed by atoms with E-state index in [1.54, 1.807) is 13.1 Å². The van der Waals surface area contributed by atoms with Gasteiger partial charge in [0.2, 0.25) is 0 Å². The van der Waals surface area contributed by atoms with Crippen molar-refractivity contribution in [2.24, 2.45) is 0 Å². The van der Waals surface area contributed by atoms with Gasteiger partial charge in [-0.3, -0.25) is 4.79 Å². The van der Waals surface area contributed by atoms with Crippen molar-refractivity contribution in [1.29, 1.82) is 0 Å². The van der Waals surface area contributed by atoms with Crippen molar-refractivity contribution in [2.45, 2.75) is 26.8 Å². The maximum Gasteiger partial charge on any atom is 0.253 e. The van der Waals surface area contributed by atoms with Crippen molar-refractivity contribution >= 4 is 11.6 Å². The maximum atomic E-state index is 12.3. The maximum absolute atomic E-state index is 12.3. The Morgan fingerprint density at radius 3 is 2.55 bits per heavy atom. The lowest BCUT2D eigenvalue weighted by atomic mass is 10.1. The molecule has 1 heterocycles. The molecule has 0 radical (unpaired) electrons. The standard InChI is InChI=1S/C16H20N2O2/c1-10-9-14(12(3)20-10)11(2)18-16(19)13-7-5-6-8-15(13)17-4/h5-9,11,17H,1-4H3,(H,18,19). The Balaban J connectivity index is 2.17. The van der Waals surface area contributed by atoms with Crippen molar-refractivity contribution < 1.29 is 9.21 Å². The highest BCUT2D eigenvalue weighted by Gasteiger charge is 2.17. The summed E-state index contributed by atoms with van der Waals surface area (Å²) < 4.78 is 5.50. The first-order valence-corrected chi connectivity index (χ1v) is 6.67. The monoisotopic (exact) mass is 272 g/mol. The molecule has 4 nitrogen and oxygen atoms in total. The molecule has 0 spiro atoms. The Morgan fingerprint density at radius 1 is 1.25 bits per heavy atom. The average Bonchev–Trinajstić information content (AvgIpc) is 2.77. The molecule has 1 aromatic heterocycles. The zero-order chi connectivity index (χ0) is 14.7. The molecule has 0 fully saturated rings. The summed E-state index contributed by atoms with van der Waals surface area (Å²) in [4.78, 5) is 12.3. The number of aryl methyl sites for hydroxylation is 2. The van der Waals surface area contributed by atoms with Gasteiger partial charge in [-0.1, -0.05) is 12.1 Å². The summed E-state index contributed by atoms with van der Waals surface area (Å²) in [5.41, 5.74) is 2.47. The summed E-state index contributed by atoms with van der Waals surface area (Å²) in [5.74, 6) is 1.60. The average molecular weight is 272 g/mol. The molecule has 106 valence electrons. The Kier molecular flexibility index (Phi) is 4.13. The van der Waals surface area contributed by atoms with Crippen LogP contribution in [0.4, 0.5) is 5.69 Å². The van der Waals surface area contributed by atoms with Gasteiger partial charge in [0.1, 0.15) is 11.5 Å². The van der Waals surface area contributed by atoms with Crippen molar-refractivity contribution in [3.8, 4) is 0 Å². The van der Waals surface area contributed by atoms with Crippen molar-refractivity contribution in [3.63, 3.8) is 0 Å². The van der Waals surface area contributed by atoms with Gasteiger partial charge < -0.3 is 15.1 Å². The summed E-state index contributed by atoms with van der Waals surface area (Å²) >= 11 is 0. The molecule has 0 aliphatic carbocycles. The van der Waals surface area contributed by atoms with Crippen LogP contribution >= 0.6 is 0 Å². The van der Waals surface area contributed by atoms with Gasteiger partial charge in [0.05, 0.1) is 11.6 Å². The summed E-state index contributed by atoms with van der Waals surface area (Å²) in [5, 5.41) is 6.03. The molecule has 2 aromatic rings. The molecular weight excluding hydrogens is 252 g/mol. The summed E-state index contributed by atoms with van der Waals surface area (Å²) in [7, 11) is 1.80. The highest BCUT2D eigenvalue weighted by molar-refractivity contribution is 5.99. The topological polar surface area (TPSA) is 54.3 Å². The number of anilines is 1. The van der Waals surface area contributed by atoms with Gasteiger partial charge in [0.15, 0.2) is 0 Å². The van der Waals surface area contributed by atoms with Crippen LogP contribution in [0.1, 0.15) is 40.4 Å². The van der Waals surface area contributed by atoms with E-state index in [0.29, 0.717) is 5.56 Å². The molecule has 0 saturated carbocycles. The first-order valence-electron chi connectivity index (χ1n) is 6.67. The first kappa shape index (κ1) is 14.2. The third-order valence-corrected chi connectivity index (χ3v) is 3.33.